The highest BCUT2D eigenvalue weighted by molar-refractivity contribution is 5.84. The SMILES string of the molecule is CCCNC(=O)CN1CCN(CC)CCC1=O. The van der Waals surface area contributed by atoms with E-state index in [1.54, 1.807) is 4.90 Å². The summed E-state index contributed by atoms with van der Waals surface area (Å²) in [7, 11) is 0. The summed E-state index contributed by atoms with van der Waals surface area (Å²) in [6.45, 7) is 8.28. The quantitative estimate of drug-likeness (QED) is 0.741. The summed E-state index contributed by atoms with van der Waals surface area (Å²) in [4.78, 5) is 27.3. The van der Waals surface area contributed by atoms with Crippen LogP contribution in [0.2, 0.25) is 0 Å². The molecule has 1 aliphatic rings. The van der Waals surface area contributed by atoms with Gasteiger partial charge >= 0.3 is 0 Å². The van der Waals surface area contributed by atoms with Gasteiger partial charge in [-0.2, -0.15) is 0 Å². The molecule has 0 aliphatic carbocycles. The molecule has 0 spiro atoms. The molecule has 5 nitrogen and oxygen atoms in total. The Hall–Kier alpha value is -1.10. The second-order valence-electron chi connectivity index (χ2n) is 4.35. The Morgan fingerprint density at radius 3 is 2.71 bits per heavy atom. The standard InChI is InChI=1S/C12H23N3O2/c1-3-6-13-11(16)10-15-9-8-14(4-2)7-5-12(15)17/h3-10H2,1-2H3,(H,13,16). The number of hydrogen-bond donors (Lipinski definition) is 1. The third-order valence-electron chi connectivity index (χ3n) is 3.03. The molecule has 0 atom stereocenters. The minimum atomic E-state index is -0.0508. The van der Waals surface area contributed by atoms with Crippen molar-refractivity contribution in [1.82, 2.24) is 15.1 Å². The van der Waals surface area contributed by atoms with Crippen LogP contribution in [0.3, 0.4) is 0 Å². The number of nitrogens with zero attached hydrogens (tertiary/aromatic N) is 2. The maximum Gasteiger partial charge on any atom is 0.239 e. The third-order valence-corrected chi connectivity index (χ3v) is 3.03. The first-order valence-electron chi connectivity index (χ1n) is 6.44. The van der Waals surface area contributed by atoms with E-state index < -0.39 is 0 Å². The van der Waals surface area contributed by atoms with Crippen molar-refractivity contribution in [2.75, 3.05) is 39.3 Å². The van der Waals surface area contributed by atoms with E-state index >= 15 is 0 Å². The second kappa shape index (κ2) is 7.27. The van der Waals surface area contributed by atoms with Gasteiger partial charge in [0.25, 0.3) is 0 Å². The van der Waals surface area contributed by atoms with Crippen molar-refractivity contribution >= 4 is 11.8 Å². The summed E-state index contributed by atoms with van der Waals surface area (Å²) in [5.41, 5.74) is 0. The van der Waals surface area contributed by atoms with E-state index in [0.717, 1.165) is 26.1 Å². The van der Waals surface area contributed by atoms with Gasteiger partial charge in [0, 0.05) is 32.6 Å². The number of amides is 2. The fourth-order valence-corrected chi connectivity index (χ4v) is 1.89. The molecule has 1 saturated heterocycles. The van der Waals surface area contributed by atoms with Crippen LogP contribution in [-0.4, -0.2) is 60.9 Å². The Morgan fingerprint density at radius 1 is 1.29 bits per heavy atom. The first-order chi connectivity index (χ1) is 8.17. The summed E-state index contributed by atoms with van der Waals surface area (Å²) < 4.78 is 0. The molecule has 0 radical (unpaired) electrons. The maximum atomic E-state index is 11.8. The summed E-state index contributed by atoms with van der Waals surface area (Å²) in [6.07, 6.45) is 1.44. The van der Waals surface area contributed by atoms with Crippen LogP contribution in [0.1, 0.15) is 26.7 Å². The van der Waals surface area contributed by atoms with E-state index in [1.165, 1.54) is 0 Å². The molecule has 0 aromatic carbocycles. The molecule has 1 aliphatic heterocycles. The van der Waals surface area contributed by atoms with Crippen molar-refractivity contribution in [1.29, 1.82) is 0 Å². The lowest BCUT2D eigenvalue weighted by Crippen LogP contribution is -2.41. The Balaban J connectivity index is 2.41. The molecule has 17 heavy (non-hydrogen) atoms. The Kier molecular flexibility index (Phi) is 5.97. The summed E-state index contributed by atoms with van der Waals surface area (Å²) >= 11 is 0. The summed E-state index contributed by atoms with van der Waals surface area (Å²) in [5.74, 6) is 0.0396. The highest BCUT2D eigenvalue weighted by Crippen LogP contribution is 2.03. The van der Waals surface area contributed by atoms with Gasteiger partial charge in [-0.25, -0.2) is 0 Å². The van der Waals surface area contributed by atoms with Crippen molar-refractivity contribution in [2.24, 2.45) is 0 Å². The first-order valence-corrected chi connectivity index (χ1v) is 6.44. The van der Waals surface area contributed by atoms with Crippen molar-refractivity contribution in [2.45, 2.75) is 26.7 Å². The number of carbonyl (C=O) groups is 2. The monoisotopic (exact) mass is 241 g/mol. The Bertz CT molecular complexity index is 268. The first kappa shape index (κ1) is 14.0. The lowest BCUT2D eigenvalue weighted by Gasteiger charge is -2.20. The number of rotatable bonds is 5. The highest BCUT2D eigenvalue weighted by atomic mass is 16.2. The van der Waals surface area contributed by atoms with Gasteiger partial charge in [-0.3, -0.25) is 9.59 Å². The number of nitrogens with one attached hydrogen (secondary N) is 1. The van der Waals surface area contributed by atoms with Crippen molar-refractivity contribution in [3.05, 3.63) is 0 Å². The van der Waals surface area contributed by atoms with Gasteiger partial charge in [-0.15, -0.1) is 0 Å². The smallest absolute Gasteiger partial charge is 0.239 e. The fraction of sp³-hybridized carbons (Fsp3) is 0.833. The summed E-state index contributed by atoms with van der Waals surface area (Å²) in [6, 6.07) is 0. The molecule has 1 N–H and O–H groups in total. The molecular weight excluding hydrogens is 218 g/mol. The fourth-order valence-electron chi connectivity index (χ4n) is 1.89. The van der Waals surface area contributed by atoms with E-state index in [2.05, 4.69) is 17.1 Å². The van der Waals surface area contributed by atoms with Gasteiger partial charge in [0.2, 0.25) is 11.8 Å². The van der Waals surface area contributed by atoms with Gasteiger partial charge in [0.05, 0.1) is 6.54 Å². The molecule has 1 rings (SSSR count). The van der Waals surface area contributed by atoms with Crippen LogP contribution in [0.4, 0.5) is 0 Å². The molecule has 5 heteroatoms. The third kappa shape index (κ3) is 4.73. The van der Waals surface area contributed by atoms with Crippen LogP contribution < -0.4 is 5.32 Å². The Morgan fingerprint density at radius 2 is 2.06 bits per heavy atom. The topological polar surface area (TPSA) is 52.7 Å². The molecular formula is C12H23N3O2. The molecule has 0 aromatic heterocycles. The van der Waals surface area contributed by atoms with Crippen molar-refractivity contribution < 1.29 is 9.59 Å². The van der Waals surface area contributed by atoms with Gasteiger partial charge in [0.15, 0.2) is 0 Å². The zero-order valence-electron chi connectivity index (χ0n) is 10.9. The van der Waals surface area contributed by atoms with Crippen molar-refractivity contribution in [3.63, 3.8) is 0 Å². The van der Waals surface area contributed by atoms with Crippen molar-refractivity contribution in [3.8, 4) is 0 Å². The van der Waals surface area contributed by atoms with Gasteiger partial charge in [-0.05, 0) is 13.0 Å². The van der Waals surface area contributed by atoms with E-state index in [-0.39, 0.29) is 18.4 Å². The van der Waals surface area contributed by atoms with Crippen LogP contribution in [0.15, 0.2) is 0 Å². The average molecular weight is 241 g/mol. The highest BCUT2D eigenvalue weighted by Gasteiger charge is 2.21. The van der Waals surface area contributed by atoms with Crippen LogP contribution in [-0.2, 0) is 9.59 Å². The molecule has 98 valence electrons. The second-order valence-corrected chi connectivity index (χ2v) is 4.35. The minimum absolute atomic E-state index is 0.0508. The zero-order valence-corrected chi connectivity index (χ0v) is 10.9. The predicted octanol–water partition coefficient (Wildman–Crippen LogP) is 0.0668. The molecule has 1 fully saturated rings. The van der Waals surface area contributed by atoms with Gasteiger partial charge < -0.3 is 15.1 Å². The number of hydrogen-bond acceptors (Lipinski definition) is 3. The van der Waals surface area contributed by atoms with E-state index in [9.17, 15) is 9.59 Å². The normalized spacial score (nSPS) is 18.0. The molecule has 0 saturated carbocycles. The van der Waals surface area contributed by atoms with E-state index in [0.29, 0.717) is 19.5 Å². The average Bonchev–Trinajstić information content (AvgIpc) is 2.50. The zero-order chi connectivity index (χ0) is 12.7. The maximum absolute atomic E-state index is 11.8. The molecule has 0 unspecified atom stereocenters. The van der Waals surface area contributed by atoms with Crippen LogP contribution in [0.5, 0.6) is 0 Å². The molecule has 1 heterocycles. The number of likely N-dealkylation sites (N-methyl/N-ethyl adjacent to an activating group) is 1. The van der Waals surface area contributed by atoms with Crippen LogP contribution in [0.25, 0.3) is 0 Å². The molecule has 0 aromatic rings. The van der Waals surface area contributed by atoms with E-state index in [4.69, 9.17) is 0 Å². The molecule has 0 bridgehead atoms. The van der Waals surface area contributed by atoms with Gasteiger partial charge in [-0.1, -0.05) is 13.8 Å². The molecule has 2 amide bonds. The lowest BCUT2D eigenvalue weighted by atomic mass is 10.3. The van der Waals surface area contributed by atoms with Crippen LogP contribution in [0, 0.1) is 0 Å². The predicted molar refractivity (Wildman–Crippen MR) is 66.6 cm³/mol. The lowest BCUT2D eigenvalue weighted by molar-refractivity contribution is -0.135. The summed E-state index contributed by atoms with van der Waals surface area (Å²) in [5, 5.41) is 2.80. The van der Waals surface area contributed by atoms with Gasteiger partial charge in [0.1, 0.15) is 0 Å². The Labute approximate surface area is 103 Å². The van der Waals surface area contributed by atoms with Crippen LogP contribution >= 0.6 is 0 Å². The minimum Gasteiger partial charge on any atom is -0.355 e. The largest absolute Gasteiger partial charge is 0.355 e. The number of carbonyl (C=O) groups excluding carboxylic acids is 2. The van der Waals surface area contributed by atoms with E-state index in [1.807, 2.05) is 6.92 Å².